The maximum atomic E-state index is 11.8. The quantitative estimate of drug-likeness (QED) is 0.808. The summed E-state index contributed by atoms with van der Waals surface area (Å²) in [5.74, 6) is 0.383. The molecule has 0 fully saturated rings. The number of methoxy groups -OCH3 is 2. The standard InChI is InChI=1S/C14H22N4O3.C3H8/c1-4-9(11(21-3)8-20-2)7-18-6-5-10-12(18)16-14(15)17-13(10)19;1-3-2/h5-6,9,11H,4,7-8H2,1-3H3,(H3,15,16,17,19);3H2,1-2H3. The van der Waals surface area contributed by atoms with Gasteiger partial charge in [0.25, 0.3) is 5.56 Å². The number of nitrogens with two attached hydrogens (primary N) is 1. The van der Waals surface area contributed by atoms with Crippen molar-refractivity contribution in [2.45, 2.75) is 46.3 Å². The van der Waals surface area contributed by atoms with Gasteiger partial charge in [0.2, 0.25) is 5.95 Å². The molecular formula is C17H30N4O3. The second kappa shape index (κ2) is 10.1. The first-order valence-corrected chi connectivity index (χ1v) is 8.38. The second-order valence-electron chi connectivity index (χ2n) is 5.76. The number of hydrogen-bond acceptors (Lipinski definition) is 5. The predicted molar refractivity (Wildman–Crippen MR) is 97.2 cm³/mol. The Kier molecular flexibility index (Phi) is 8.49. The summed E-state index contributed by atoms with van der Waals surface area (Å²) in [6.07, 6.45) is 4.03. The average molecular weight is 338 g/mol. The first kappa shape index (κ1) is 20.2. The number of rotatable bonds is 7. The van der Waals surface area contributed by atoms with Gasteiger partial charge in [-0.1, -0.05) is 27.2 Å². The lowest BCUT2D eigenvalue weighted by atomic mass is 9.99. The third-order valence-electron chi connectivity index (χ3n) is 3.76. The largest absolute Gasteiger partial charge is 0.382 e. The molecule has 2 unspecified atom stereocenters. The maximum Gasteiger partial charge on any atom is 0.261 e. The van der Waals surface area contributed by atoms with E-state index in [0.29, 0.717) is 24.2 Å². The van der Waals surface area contributed by atoms with Gasteiger partial charge in [-0.25, -0.2) is 0 Å². The van der Waals surface area contributed by atoms with Crippen LogP contribution in [0.15, 0.2) is 17.1 Å². The van der Waals surface area contributed by atoms with Crippen molar-refractivity contribution in [3.63, 3.8) is 0 Å². The monoisotopic (exact) mass is 338 g/mol. The molecule has 2 atom stereocenters. The highest BCUT2D eigenvalue weighted by Gasteiger charge is 2.21. The molecule has 0 spiro atoms. The van der Waals surface area contributed by atoms with E-state index in [0.717, 1.165) is 6.42 Å². The van der Waals surface area contributed by atoms with E-state index in [9.17, 15) is 4.79 Å². The van der Waals surface area contributed by atoms with Crippen LogP contribution in [-0.4, -0.2) is 41.5 Å². The Balaban J connectivity index is 0.000000891. The number of nitrogens with zero attached hydrogens (tertiary/aromatic N) is 2. The van der Waals surface area contributed by atoms with E-state index in [4.69, 9.17) is 15.2 Å². The molecule has 2 heterocycles. The Labute approximate surface area is 143 Å². The summed E-state index contributed by atoms with van der Waals surface area (Å²) in [5, 5.41) is 0.541. The van der Waals surface area contributed by atoms with Crippen molar-refractivity contribution in [1.82, 2.24) is 14.5 Å². The number of aromatic amines is 1. The number of H-pyrrole nitrogens is 1. The first-order chi connectivity index (χ1) is 11.5. The Morgan fingerprint density at radius 3 is 2.54 bits per heavy atom. The third kappa shape index (κ3) is 5.07. The molecule has 0 radical (unpaired) electrons. The van der Waals surface area contributed by atoms with Gasteiger partial charge in [-0.15, -0.1) is 0 Å². The fourth-order valence-corrected chi connectivity index (χ4v) is 2.56. The van der Waals surface area contributed by atoms with Crippen LogP contribution in [0.4, 0.5) is 5.95 Å². The highest BCUT2D eigenvalue weighted by molar-refractivity contribution is 5.75. The van der Waals surface area contributed by atoms with Crippen LogP contribution in [0, 0.1) is 5.92 Å². The van der Waals surface area contributed by atoms with Gasteiger partial charge in [-0.3, -0.25) is 9.78 Å². The summed E-state index contributed by atoms with van der Waals surface area (Å²) in [4.78, 5) is 18.6. The molecule has 24 heavy (non-hydrogen) atoms. The molecule has 136 valence electrons. The van der Waals surface area contributed by atoms with Crippen LogP contribution in [0.5, 0.6) is 0 Å². The molecule has 0 bridgehead atoms. The third-order valence-corrected chi connectivity index (χ3v) is 3.76. The summed E-state index contributed by atoms with van der Waals surface area (Å²) >= 11 is 0. The molecule has 0 saturated heterocycles. The number of ether oxygens (including phenoxy) is 2. The molecule has 0 aliphatic rings. The molecule has 0 aliphatic heterocycles. The van der Waals surface area contributed by atoms with Crippen molar-refractivity contribution >= 4 is 17.0 Å². The van der Waals surface area contributed by atoms with Crippen molar-refractivity contribution < 1.29 is 9.47 Å². The summed E-state index contributed by atoms with van der Waals surface area (Å²) in [7, 11) is 3.34. The summed E-state index contributed by atoms with van der Waals surface area (Å²) < 4.78 is 12.6. The number of aromatic nitrogens is 3. The SMILES string of the molecule is CCC.CCC(Cn1ccc2c(=O)[nH]c(N)nc21)C(COC)OC. The van der Waals surface area contributed by atoms with Gasteiger partial charge in [-0.2, -0.15) is 4.98 Å². The summed E-state index contributed by atoms with van der Waals surface area (Å²) in [5.41, 5.74) is 6.01. The maximum absolute atomic E-state index is 11.8. The number of hydrogen-bond donors (Lipinski definition) is 2. The molecular weight excluding hydrogens is 308 g/mol. The molecule has 7 heteroatoms. The van der Waals surface area contributed by atoms with E-state index in [2.05, 4.69) is 30.7 Å². The van der Waals surface area contributed by atoms with Crippen molar-refractivity contribution in [3.05, 3.63) is 22.6 Å². The van der Waals surface area contributed by atoms with E-state index in [1.165, 1.54) is 6.42 Å². The lowest BCUT2D eigenvalue weighted by molar-refractivity contribution is -0.0135. The minimum absolute atomic E-state index is 0.00297. The number of fused-ring (bicyclic) bond motifs is 1. The molecule has 2 aromatic heterocycles. The van der Waals surface area contributed by atoms with Crippen LogP contribution in [-0.2, 0) is 16.0 Å². The number of nitrogens with one attached hydrogen (secondary N) is 1. The fraction of sp³-hybridized carbons (Fsp3) is 0.647. The van der Waals surface area contributed by atoms with E-state index >= 15 is 0 Å². The number of nitrogen functional groups attached to an aromatic ring is 1. The average Bonchev–Trinajstić information content (AvgIpc) is 2.94. The van der Waals surface area contributed by atoms with Gasteiger partial charge < -0.3 is 19.8 Å². The Hall–Kier alpha value is -1.86. The molecule has 7 nitrogen and oxygen atoms in total. The molecule has 3 N–H and O–H groups in total. The van der Waals surface area contributed by atoms with E-state index < -0.39 is 0 Å². The van der Waals surface area contributed by atoms with Gasteiger partial charge >= 0.3 is 0 Å². The van der Waals surface area contributed by atoms with Gasteiger partial charge in [0.05, 0.1) is 18.1 Å². The topological polar surface area (TPSA) is 95.2 Å². The molecule has 2 aromatic rings. The van der Waals surface area contributed by atoms with Crippen LogP contribution in [0.25, 0.3) is 11.0 Å². The van der Waals surface area contributed by atoms with Crippen LogP contribution in [0.1, 0.15) is 33.6 Å². The van der Waals surface area contributed by atoms with E-state index in [1.807, 2.05) is 10.8 Å². The first-order valence-electron chi connectivity index (χ1n) is 8.38. The normalized spacial score (nSPS) is 13.4. The van der Waals surface area contributed by atoms with Crippen molar-refractivity contribution in [2.75, 3.05) is 26.6 Å². The van der Waals surface area contributed by atoms with Crippen LogP contribution < -0.4 is 11.3 Å². The van der Waals surface area contributed by atoms with Crippen LogP contribution in [0.2, 0.25) is 0 Å². The highest BCUT2D eigenvalue weighted by atomic mass is 16.5. The van der Waals surface area contributed by atoms with Gasteiger partial charge in [-0.05, 0) is 12.5 Å². The van der Waals surface area contributed by atoms with Gasteiger partial charge in [0.15, 0.2) is 0 Å². The van der Waals surface area contributed by atoms with E-state index in [-0.39, 0.29) is 23.5 Å². The molecule has 0 aromatic carbocycles. The molecule has 2 rings (SSSR count). The van der Waals surface area contributed by atoms with Crippen molar-refractivity contribution in [3.8, 4) is 0 Å². The minimum atomic E-state index is -0.218. The lowest BCUT2D eigenvalue weighted by Crippen LogP contribution is -2.30. The minimum Gasteiger partial charge on any atom is -0.382 e. The summed E-state index contributed by atoms with van der Waals surface area (Å²) in [6.45, 7) is 7.58. The fourth-order valence-electron chi connectivity index (χ4n) is 2.56. The Bertz CT molecular complexity index is 665. The molecule has 0 aliphatic carbocycles. The van der Waals surface area contributed by atoms with Crippen LogP contribution in [0.3, 0.4) is 0 Å². The smallest absolute Gasteiger partial charge is 0.261 e. The Morgan fingerprint density at radius 2 is 2.00 bits per heavy atom. The second-order valence-corrected chi connectivity index (χ2v) is 5.76. The predicted octanol–water partition coefficient (Wildman–Crippen LogP) is 2.41. The number of anilines is 1. The van der Waals surface area contributed by atoms with Crippen LogP contribution >= 0.6 is 0 Å². The zero-order chi connectivity index (χ0) is 18.1. The zero-order valence-corrected chi connectivity index (χ0v) is 15.3. The lowest BCUT2D eigenvalue weighted by Gasteiger charge is -2.25. The highest BCUT2D eigenvalue weighted by Crippen LogP contribution is 2.18. The van der Waals surface area contributed by atoms with Crippen molar-refractivity contribution in [1.29, 1.82) is 0 Å². The van der Waals surface area contributed by atoms with Crippen molar-refractivity contribution in [2.24, 2.45) is 5.92 Å². The van der Waals surface area contributed by atoms with Gasteiger partial charge in [0.1, 0.15) is 5.65 Å². The summed E-state index contributed by atoms with van der Waals surface area (Å²) in [6, 6.07) is 1.76. The van der Waals surface area contributed by atoms with Gasteiger partial charge in [0, 0.05) is 32.9 Å². The molecule has 0 amide bonds. The zero-order valence-electron chi connectivity index (χ0n) is 15.3. The Morgan fingerprint density at radius 1 is 1.33 bits per heavy atom. The molecule has 0 saturated carbocycles. The van der Waals surface area contributed by atoms with E-state index in [1.54, 1.807) is 20.3 Å².